The monoisotopic (exact) mass is 434 g/mol. The molecule has 1 aliphatic heterocycles. The summed E-state index contributed by atoms with van der Waals surface area (Å²) in [4.78, 5) is 5.02. The van der Waals surface area contributed by atoms with Gasteiger partial charge in [-0.1, -0.05) is 35.4 Å². The van der Waals surface area contributed by atoms with Gasteiger partial charge in [0.15, 0.2) is 5.76 Å². The number of halogens is 3. The third kappa shape index (κ3) is 4.02. The molecule has 7 heteroatoms. The number of piperazine rings is 1. The van der Waals surface area contributed by atoms with Crippen LogP contribution in [0.15, 0.2) is 59.0 Å². The van der Waals surface area contributed by atoms with Crippen LogP contribution in [0.4, 0.5) is 10.1 Å². The van der Waals surface area contributed by atoms with Crippen LogP contribution < -0.4 is 4.90 Å². The number of furan rings is 1. The maximum absolute atomic E-state index is 13.1. The van der Waals surface area contributed by atoms with Gasteiger partial charge in [-0.15, -0.1) is 0 Å². The number of rotatable bonds is 3. The fourth-order valence-corrected chi connectivity index (χ4v) is 4.06. The molecular formula is C21H17Cl2FN2OS. The number of nitrogens with zero attached hydrogens (tertiary/aromatic N) is 2. The Morgan fingerprint density at radius 1 is 0.929 bits per heavy atom. The summed E-state index contributed by atoms with van der Waals surface area (Å²) in [5, 5.41) is 1.11. The van der Waals surface area contributed by atoms with Crippen LogP contribution in [0.2, 0.25) is 10.0 Å². The highest BCUT2D eigenvalue weighted by atomic mass is 35.5. The van der Waals surface area contributed by atoms with Gasteiger partial charge in [-0.3, -0.25) is 0 Å². The van der Waals surface area contributed by atoms with Gasteiger partial charge in [0.25, 0.3) is 0 Å². The Hall–Kier alpha value is -2.08. The van der Waals surface area contributed by atoms with Gasteiger partial charge in [-0.25, -0.2) is 4.39 Å². The van der Waals surface area contributed by atoms with Gasteiger partial charge in [0, 0.05) is 42.5 Å². The zero-order valence-corrected chi connectivity index (χ0v) is 17.2. The predicted octanol–water partition coefficient (Wildman–Crippen LogP) is 5.89. The van der Waals surface area contributed by atoms with E-state index in [0.29, 0.717) is 26.6 Å². The summed E-state index contributed by atoms with van der Waals surface area (Å²) in [5.74, 6) is 1.08. The molecule has 0 bridgehead atoms. The zero-order chi connectivity index (χ0) is 19.7. The van der Waals surface area contributed by atoms with E-state index in [2.05, 4.69) is 9.80 Å². The molecule has 1 saturated heterocycles. The summed E-state index contributed by atoms with van der Waals surface area (Å²) < 4.78 is 19.1. The first-order valence-electron chi connectivity index (χ1n) is 8.86. The lowest BCUT2D eigenvalue weighted by molar-refractivity contribution is 0.385. The van der Waals surface area contributed by atoms with Crippen molar-refractivity contribution in [1.29, 1.82) is 0 Å². The first-order valence-corrected chi connectivity index (χ1v) is 10.0. The lowest BCUT2D eigenvalue weighted by Crippen LogP contribution is -2.48. The summed E-state index contributed by atoms with van der Waals surface area (Å²) in [7, 11) is 0. The van der Waals surface area contributed by atoms with E-state index in [1.54, 1.807) is 24.3 Å². The second-order valence-electron chi connectivity index (χ2n) is 6.54. The second kappa shape index (κ2) is 8.11. The van der Waals surface area contributed by atoms with E-state index in [0.717, 1.165) is 37.4 Å². The Balaban J connectivity index is 1.43. The molecule has 1 fully saturated rings. The number of anilines is 1. The van der Waals surface area contributed by atoms with Crippen molar-refractivity contribution >= 4 is 46.1 Å². The van der Waals surface area contributed by atoms with Crippen molar-refractivity contribution in [2.75, 3.05) is 31.1 Å². The van der Waals surface area contributed by atoms with Gasteiger partial charge in [0.1, 0.15) is 16.6 Å². The van der Waals surface area contributed by atoms with Crippen molar-refractivity contribution in [2.24, 2.45) is 0 Å². The minimum absolute atomic E-state index is 0.224. The van der Waals surface area contributed by atoms with E-state index < -0.39 is 0 Å². The van der Waals surface area contributed by atoms with Gasteiger partial charge >= 0.3 is 0 Å². The van der Waals surface area contributed by atoms with Gasteiger partial charge in [0.05, 0.1) is 5.02 Å². The first-order chi connectivity index (χ1) is 13.5. The summed E-state index contributed by atoms with van der Waals surface area (Å²) in [5.41, 5.74) is 1.80. The van der Waals surface area contributed by atoms with Crippen LogP contribution in [0.5, 0.6) is 0 Å². The molecule has 1 aromatic heterocycles. The Bertz CT molecular complexity index is 998. The maximum Gasteiger partial charge on any atom is 0.162 e. The molecule has 0 radical (unpaired) electrons. The summed E-state index contributed by atoms with van der Waals surface area (Å²) >= 11 is 17.9. The highest BCUT2D eigenvalue weighted by Crippen LogP contribution is 2.32. The summed E-state index contributed by atoms with van der Waals surface area (Å²) in [6.07, 6.45) is 0. The summed E-state index contributed by atoms with van der Waals surface area (Å²) in [6.45, 7) is 3.16. The zero-order valence-electron chi connectivity index (χ0n) is 14.9. The van der Waals surface area contributed by atoms with Crippen molar-refractivity contribution in [3.63, 3.8) is 0 Å². The van der Waals surface area contributed by atoms with Crippen LogP contribution >= 0.6 is 35.4 Å². The Morgan fingerprint density at radius 2 is 1.64 bits per heavy atom. The fraction of sp³-hybridized carbons (Fsp3) is 0.190. The average Bonchev–Trinajstić information content (AvgIpc) is 3.18. The lowest BCUT2D eigenvalue weighted by Gasteiger charge is -2.37. The molecule has 2 heterocycles. The molecule has 4 rings (SSSR count). The molecule has 28 heavy (non-hydrogen) atoms. The van der Waals surface area contributed by atoms with E-state index in [1.807, 2.05) is 18.2 Å². The molecule has 0 spiro atoms. The van der Waals surface area contributed by atoms with Crippen molar-refractivity contribution in [2.45, 2.75) is 0 Å². The van der Waals surface area contributed by atoms with Crippen LogP contribution in [-0.2, 0) is 0 Å². The molecule has 0 N–H and O–H groups in total. The number of hydrogen-bond acceptors (Lipinski definition) is 3. The van der Waals surface area contributed by atoms with Crippen molar-refractivity contribution < 1.29 is 8.81 Å². The maximum atomic E-state index is 13.1. The Morgan fingerprint density at radius 3 is 2.32 bits per heavy atom. The van der Waals surface area contributed by atoms with Gasteiger partial charge < -0.3 is 14.2 Å². The highest BCUT2D eigenvalue weighted by Gasteiger charge is 2.22. The van der Waals surface area contributed by atoms with Crippen molar-refractivity contribution in [3.05, 3.63) is 76.2 Å². The van der Waals surface area contributed by atoms with Crippen LogP contribution in [-0.4, -0.2) is 36.1 Å². The fourth-order valence-electron chi connectivity index (χ4n) is 3.26. The van der Waals surface area contributed by atoms with Gasteiger partial charge in [-0.2, -0.15) is 0 Å². The second-order valence-corrected chi connectivity index (χ2v) is 7.77. The van der Waals surface area contributed by atoms with E-state index >= 15 is 0 Å². The topological polar surface area (TPSA) is 19.6 Å². The molecule has 3 aromatic rings. The van der Waals surface area contributed by atoms with Crippen LogP contribution in [0.1, 0.15) is 5.76 Å². The third-order valence-electron chi connectivity index (χ3n) is 4.77. The van der Waals surface area contributed by atoms with E-state index in [4.69, 9.17) is 39.8 Å². The molecule has 0 saturated carbocycles. The molecule has 0 aliphatic carbocycles. The predicted molar refractivity (Wildman–Crippen MR) is 116 cm³/mol. The SMILES string of the molecule is Fc1ccc(N2CCN(C(=S)c3ccc(-c4ccc(Cl)cc4Cl)o3)CC2)cc1. The smallest absolute Gasteiger partial charge is 0.162 e. The minimum Gasteiger partial charge on any atom is -0.454 e. The van der Waals surface area contributed by atoms with Crippen molar-refractivity contribution in [3.8, 4) is 11.3 Å². The highest BCUT2D eigenvalue weighted by molar-refractivity contribution is 7.80. The van der Waals surface area contributed by atoms with E-state index in [1.165, 1.54) is 12.1 Å². The van der Waals surface area contributed by atoms with Crippen LogP contribution in [0.3, 0.4) is 0 Å². The number of hydrogen-bond donors (Lipinski definition) is 0. The number of benzene rings is 2. The molecule has 3 nitrogen and oxygen atoms in total. The average molecular weight is 435 g/mol. The van der Waals surface area contributed by atoms with Crippen LogP contribution in [0, 0.1) is 5.82 Å². The molecular weight excluding hydrogens is 418 g/mol. The molecule has 1 aliphatic rings. The van der Waals surface area contributed by atoms with Crippen LogP contribution in [0.25, 0.3) is 11.3 Å². The Kier molecular flexibility index (Phi) is 5.58. The van der Waals surface area contributed by atoms with Gasteiger partial charge in [-0.05, 0) is 54.6 Å². The summed E-state index contributed by atoms with van der Waals surface area (Å²) in [6, 6.07) is 15.6. The molecule has 0 atom stereocenters. The Labute approximate surface area is 178 Å². The normalized spacial score (nSPS) is 14.4. The minimum atomic E-state index is -0.224. The standard InChI is InChI=1S/C21H17Cl2FN2OS/c22-14-1-6-17(18(23)13-14)19-7-8-20(27-19)21(28)26-11-9-25(10-12-26)16-4-2-15(24)3-5-16/h1-8,13H,9-12H2. The van der Waals surface area contributed by atoms with Crippen molar-refractivity contribution in [1.82, 2.24) is 4.90 Å². The third-order valence-corrected chi connectivity index (χ3v) is 5.78. The lowest BCUT2D eigenvalue weighted by atomic mass is 10.2. The van der Waals surface area contributed by atoms with E-state index in [9.17, 15) is 4.39 Å². The molecule has 2 aromatic carbocycles. The number of thiocarbonyl (C=S) groups is 1. The molecule has 144 valence electrons. The quantitative estimate of drug-likeness (QED) is 0.478. The molecule has 0 amide bonds. The van der Waals surface area contributed by atoms with Gasteiger partial charge in [0.2, 0.25) is 0 Å². The largest absolute Gasteiger partial charge is 0.454 e. The molecule has 0 unspecified atom stereocenters. The first kappa shape index (κ1) is 19.2. The van der Waals surface area contributed by atoms with E-state index in [-0.39, 0.29) is 5.82 Å².